The first-order chi connectivity index (χ1) is 14.1. The number of hydrogen-bond donors (Lipinski definition) is 1. The molecule has 1 saturated heterocycles. The molecule has 1 fully saturated rings. The Bertz CT molecular complexity index is 845. The molecule has 1 atom stereocenters. The van der Waals surface area contributed by atoms with Gasteiger partial charge in [0.15, 0.2) is 0 Å². The third-order valence-corrected chi connectivity index (χ3v) is 6.55. The lowest BCUT2D eigenvalue weighted by Gasteiger charge is -2.36. The van der Waals surface area contributed by atoms with Gasteiger partial charge in [-0.25, -0.2) is 0 Å². The van der Waals surface area contributed by atoms with Gasteiger partial charge >= 0.3 is 0 Å². The number of fused-ring (bicyclic) bond motifs is 1. The number of nitrogens with one attached hydrogen (secondary N) is 1. The fourth-order valence-electron chi connectivity index (χ4n) is 4.78. The van der Waals surface area contributed by atoms with Crippen molar-refractivity contribution >= 4 is 23.2 Å². The highest BCUT2D eigenvalue weighted by Gasteiger charge is 2.30. The highest BCUT2D eigenvalue weighted by atomic mass is 35.5. The zero-order valence-corrected chi connectivity index (χ0v) is 17.8. The van der Waals surface area contributed by atoms with Crippen LogP contribution in [0.25, 0.3) is 0 Å². The number of carbonyl (C=O) groups is 1. The van der Waals surface area contributed by atoms with E-state index in [2.05, 4.69) is 34.5 Å². The van der Waals surface area contributed by atoms with Crippen LogP contribution in [-0.4, -0.2) is 37.0 Å². The molecule has 5 heteroatoms. The number of benzene rings is 2. The highest BCUT2D eigenvalue weighted by Crippen LogP contribution is 2.31. The van der Waals surface area contributed by atoms with Crippen molar-refractivity contribution in [2.24, 2.45) is 5.92 Å². The molecule has 2 aromatic rings. The van der Waals surface area contributed by atoms with Crippen LogP contribution in [0.5, 0.6) is 5.75 Å². The summed E-state index contributed by atoms with van der Waals surface area (Å²) in [4.78, 5) is 15.2. The molecule has 1 aliphatic carbocycles. The molecule has 2 aliphatic rings. The van der Waals surface area contributed by atoms with Gasteiger partial charge < -0.3 is 10.1 Å². The molecule has 1 heterocycles. The Hall–Kier alpha value is -2.04. The summed E-state index contributed by atoms with van der Waals surface area (Å²) in [6.45, 7) is 2.29. The summed E-state index contributed by atoms with van der Waals surface area (Å²) in [5.41, 5.74) is 3.66. The van der Waals surface area contributed by atoms with Crippen LogP contribution in [-0.2, 0) is 17.6 Å². The molecule has 0 saturated carbocycles. The SMILES string of the molecule is COc1ccc(Cl)cc1NC(=O)CC[C@H]1CCCN(C2Cc3ccccc3C2)C1. The number of anilines is 1. The van der Waals surface area contributed by atoms with Gasteiger partial charge in [0.25, 0.3) is 0 Å². The smallest absolute Gasteiger partial charge is 0.224 e. The summed E-state index contributed by atoms with van der Waals surface area (Å²) in [7, 11) is 1.59. The number of carbonyl (C=O) groups excluding carboxylic acids is 1. The first-order valence-electron chi connectivity index (χ1n) is 10.6. The van der Waals surface area contributed by atoms with Crippen LogP contribution in [0.15, 0.2) is 42.5 Å². The number of methoxy groups -OCH3 is 1. The molecule has 29 heavy (non-hydrogen) atoms. The summed E-state index contributed by atoms with van der Waals surface area (Å²) >= 11 is 6.06. The second-order valence-electron chi connectivity index (χ2n) is 8.27. The fraction of sp³-hybridized carbons (Fsp3) is 0.458. The molecule has 0 spiro atoms. The third kappa shape index (κ3) is 4.93. The van der Waals surface area contributed by atoms with Gasteiger partial charge in [-0.3, -0.25) is 9.69 Å². The molecule has 0 radical (unpaired) electrons. The minimum atomic E-state index is 0.0240. The van der Waals surface area contributed by atoms with Gasteiger partial charge in [-0.1, -0.05) is 35.9 Å². The van der Waals surface area contributed by atoms with E-state index in [1.54, 1.807) is 25.3 Å². The van der Waals surface area contributed by atoms with Gasteiger partial charge in [0.2, 0.25) is 5.91 Å². The normalized spacial score (nSPS) is 19.7. The summed E-state index contributed by atoms with van der Waals surface area (Å²) in [6.07, 6.45) is 6.21. The molecule has 0 unspecified atom stereocenters. The topological polar surface area (TPSA) is 41.6 Å². The van der Waals surface area contributed by atoms with E-state index < -0.39 is 0 Å². The zero-order chi connectivity index (χ0) is 20.2. The van der Waals surface area contributed by atoms with Crippen molar-refractivity contribution in [1.82, 2.24) is 4.90 Å². The van der Waals surface area contributed by atoms with Crippen molar-refractivity contribution in [3.05, 3.63) is 58.6 Å². The van der Waals surface area contributed by atoms with Gasteiger partial charge in [-0.2, -0.15) is 0 Å². The van der Waals surface area contributed by atoms with E-state index in [4.69, 9.17) is 16.3 Å². The molecule has 1 aliphatic heterocycles. The number of halogens is 1. The monoisotopic (exact) mass is 412 g/mol. The van der Waals surface area contributed by atoms with Crippen molar-refractivity contribution < 1.29 is 9.53 Å². The fourth-order valence-corrected chi connectivity index (χ4v) is 4.96. The second kappa shape index (κ2) is 9.19. The maximum Gasteiger partial charge on any atom is 0.224 e. The molecule has 0 bridgehead atoms. The lowest BCUT2D eigenvalue weighted by atomic mass is 9.92. The predicted octanol–water partition coefficient (Wildman–Crippen LogP) is 4.95. The van der Waals surface area contributed by atoms with E-state index in [-0.39, 0.29) is 5.91 Å². The van der Waals surface area contributed by atoms with E-state index in [1.807, 2.05) is 0 Å². The van der Waals surface area contributed by atoms with Crippen molar-refractivity contribution in [1.29, 1.82) is 0 Å². The molecule has 1 N–H and O–H groups in total. The predicted molar refractivity (Wildman–Crippen MR) is 118 cm³/mol. The average Bonchev–Trinajstić information content (AvgIpc) is 3.17. The van der Waals surface area contributed by atoms with E-state index in [0.717, 1.165) is 25.8 Å². The molecule has 4 rings (SSSR count). The van der Waals surface area contributed by atoms with Gasteiger partial charge in [-0.15, -0.1) is 0 Å². The third-order valence-electron chi connectivity index (χ3n) is 6.31. The van der Waals surface area contributed by atoms with Crippen LogP contribution < -0.4 is 10.1 Å². The maximum atomic E-state index is 12.5. The Morgan fingerprint density at radius 3 is 2.69 bits per heavy atom. The number of likely N-dealkylation sites (tertiary alicyclic amines) is 1. The number of nitrogens with zero attached hydrogens (tertiary/aromatic N) is 1. The van der Waals surface area contributed by atoms with Crippen molar-refractivity contribution in [2.75, 3.05) is 25.5 Å². The van der Waals surface area contributed by atoms with E-state index in [9.17, 15) is 4.79 Å². The Morgan fingerprint density at radius 1 is 1.21 bits per heavy atom. The number of rotatable bonds is 6. The van der Waals surface area contributed by atoms with Crippen molar-refractivity contribution in [2.45, 2.75) is 44.6 Å². The van der Waals surface area contributed by atoms with Gasteiger partial charge in [-0.05, 0) is 73.9 Å². The molecule has 0 aromatic heterocycles. The van der Waals surface area contributed by atoms with Crippen LogP contribution in [0.3, 0.4) is 0 Å². The lowest BCUT2D eigenvalue weighted by Crippen LogP contribution is -2.43. The van der Waals surface area contributed by atoms with E-state index >= 15 is 0 Å². The highest BCUT2D eigenvalue weighted by molar-refractivity contribution is 6.31. The average molecular weight is 413 g/mol. The molecular formula is C24H29ClN2O2. The first-order valence-corrected chi connectivity index (χ1v) is 10.9. The largest absolute Gasteiger partial charge is 0.495 e. The van der Waals surface area contributed by atoms with Gasteiger partial charge in [0, 0.05) is 24.0 Å². The molecular weight excluding hydrogens is 384 g/mol. The first kappa shape index (κ1) is 20.2. The van der Waals surface area contributed by atoms with Crippen LogP contribution in [0.1, 0.15) is 36.8 Å². The number of amides is 1. The summed E-state index contributed by atoms with van der Waals surface area (Å²) < 4.78 is 5.31. The minimum Gasteiger partial charge on any atom is -0.495 e. The molecule has 154 valence electrons. The van der Waals surface area contributed by atoms with Crippen LogP contribution in [0.4, 0.5) is 5.69 Å². The standard InChI is InChI=1S/C24H29ClN2O2/c1-29-23-10-9-20(25)15-22(23)26-24(28)11-8-17-5-4-12-27(16-17)21-13-18-6-2-3-7-19(18)14-21/h2-3,6-7,9-10,15,17,21H,4-5,8,11-14,16H2,1H3,(H,26,28)/t17-/m1/s1. The van der Waals surface area contributed by atoms with Gasteiger partial charge in [0.05, 0.1) is 12.8 Å². The lowest BCUT2D eigenvalue weighted by molar-refractivity contribution is -0.116. The summed E-state index contributed by atoms with van der Waals surface area (Å²) in [6, 6.07) is 14.7. The zero-order valence-electron chi connectivity index (χ0n) is 17.0. The molecule has 2 aromatic carbocycles. The minimum absolute atomic E-state index is 0.0240. The quantitative estimate of drug-likeness (QED) is 0.730. The van der Waals surface area contributed by atoms with Crippen molar-refractivity contribution in [3.63, 3.8) is 0 Å². The van der Waals surface area contributed by atoms with Crippen LogP contribution in [0, 0.1) is 5.92 Å². The Morgan fingerprint density at radius 2 is 1.97 bits per heavy atom. The number of ether oxygens (including phenoxy) is 1. The summed E-state index contributed by atoms with van der Waals surface area (Å²) in [5.74, 6) is 1.24. The Labute approximate surface area is 178 Å². The van der Waals surface area contributed by atoms with Crippen LogP contribution >= 0.6 is 11.6 Å². The molecule has 4 nitrogen and oxygen atoms in total. The van der Waals surface area contributed by atoms with Gasteiger partial charge in [0.1, 0.15) is 5.75 Å². The Kier molecular flexibility index (Phi) is 6.41. The maximum absolute atomic E-state index is 12.5. The molecule has 1 amide bonds. The number of piperidine rings is 1. The second-order valence-corrected chi connectivity index (χ2v) is 8.70. The van der Waals surface area contributed by atoms with Crippen molar-refractivity contribution in [3.8, 4) is 5.75 Å². The van der Waals surface area contributed by atoms with Crippen LogP contribution in [0.2, 0.25) is 5.02 Å². The Balaban J connectivity index is 1.28. The summed E-state index contributed by atoms with van der Waals surface area (Å²) in [5, 5.41) is 3.54. The van der Waals surface area contributed by atoms with E-state index in [1.165, 1.54) is 30.5 Å². The van der Waals surface area contributed by atoms with E-state index in [0.29, 0.717) is 34.8 Å². The number of hydrogen-bond acceptors (Lipinski definition) is 3.